The monoisotopic (exact) mass is 256 g/mol. The van der Waals surface area contributed by atoms with Gasteiger partial charge in [-0.3, -0.25) is 4.79 Å². The van der Waals surface area contributed by atoms with E-state index in [4.69, 9.17) is 0 Å². The zero-order chi connectivity index (χ0) is 14.0. The smallest absolute Gasteiger partial charge is 0.159 e. The molecule has 0 saturated carbocycles. The van der Waals surface area contributed by atoms with Crippen LogP contribution < -0.4 is 4.90 Å². The average Bonchev–Trinajstić information content (AvgIpc) is 2.38. The van der Waals surface area contributed by atoms with Crippen LogP contribution in [0.15, 0.2) is 24.3 Å². The molecule has 100 valence electrons. The number of ketones is 1. The Balaban J connectivity index is 2.38. The first-order valence-corrected chi connectivity index (χ1v) is 6.75. The molecule has 1 heterocycles. The van der Waals surface area contributed by atoms with Crippen molar-refractivity contribution in [2.75, 3.05) is 11.4 Å². The van der Waals surface area contributed by atoms with Gasteiger partial charge in [0.15, 0.2) is 5.78 Å². The lowest BCUT2D eigenvalue weighted by Crippen LogP contribution is -2.53. The van der Waals surface area contributed by atoms with Gasteiger partial charge in [-0.2, -0.15) is 5.26 Å². The largest absolute Gasteiger partial charge is 0.365 e. The van der Waals surface area contributed by atoms with Gasteiger partial charge in [-0.15, -0.1) is 0 Å². The van der Waals surface area contributed by atoms with Crippen LogP contribution in [0.3, 0.4) is 0 Å². The third-order valence-corrected chi connectivity index (χ3v) is 4.14. The summed E-state index contributed by atoms with van der Waals surface area (Å²) in [6, 6.07) is 10.1. The third kappa shape index (κ3) is 2.49. The number of anilines is 1. The maximum atomic E-state index is 11.5. The Hall–Kier alpha value is -1.82. The maximum Gasteiger partial charge on any atom is 0.159 e. The van der Waals surface area contributed by atoms with E-state index in [1.165, 1.54) is 0 Å². The summed E-state index contributed by atoms with van der Waals surface area (Å²) in [5.41, 5.74) is 1.58. The molecule has 2 rings (SSSR count). The first kappa shape index (κ1) is 13.6. The van der Waals surface area contributed by atoms with Crippen LogP contribution in [-0.4, -0.2) is 17.9 Å². The van der Waals surface area contributed by atoms with E-state index in [1.807, 2.05) is 24.3 Å². The number of piperidine rings is 1. The van der Waals surface area contributed by atoms with Crippen molar-refractivity contribution in [2.24, 2.45) is 5.92 Å². The molecule has 0 amide bonds. The molecule has 19 heavy (non-hydrogen) atoms. The molecule has 3 heteroatoms. The summed E-state index contributed by atoms with van der Waals surface area (Å²) < 4.78 is 0. The number of benzene rings is 1. The fraction of sp³-hybridized carbons (Fsp3) is 0.500. The highest BCUT2D eigenvalue weighted by molar-refractivity contribution is 5.95. The van der Waals surface area contributed by atoms with E-state index < -0.39 is 0 Å². The predicted octanol–water partition coefficient (Wildman–Crippen LogP) is 3.41. The summed E-state index contributed by atoms with van der Waals surface area (Å²) in [7, 11) is 0. The van der Waals surface area contributed by atoms with E-state index in [2.05, 4.69) is 24.8 Å². The van der Waals surface area contributed by atoms with Gasteiger partial charge in [0, 0.05) is 17.8 Å². The molecule has 1 saturated heterocycles. The van der Waals surface area contributed by atoms with Crippen LogP contribution in [0.4, 0.5) is 5.69 Å². The SMILES string of the molecule is CC(=O)c1cccc(N2CCCC(C#N)C2(C)C)c1. The van der Waals surface area contributed by atoms with E-state index in [0.29, 0.717) is 0 Å². The van der Waals surface area contributed by atoms with Gasteiger partial charge in [0.1, 0.15) is 0 Å². The van der Waals surface area contributed by atoms with E-state index in [1.54, 1.807) is 6.92 Å². The predicted molar refractivity (Wildman–Crippen MR) is 76.2 cm³/mol. The van der Waals surface area contributed by atoms with Crippen LogP contribution >= 0.6 is 0 Å². The van der Waals surface area contributed by atoms with Crippen molar-refractivity contribution >= 4 is 11.5 Å². The van der Waals surface area contributed by atoms with E-state index in [9.17, 15) is 10.1 Å². The number of rotatable bonds is 2. The number of nitrogens with zero attached hydrogens (tertiary/aromatic N) is 2. The van der Waals surface area contributed by atoms with Gasteiger partial charge < -0.3 is 4.90 Å². The molecule has 0 aliphatic carbocycles. The van der Waals surface area contributed by atoms with Gasteiger partial charge in [0.25, 0.3) is 0 Å². The second-order valence-corrected chi connectivity index (χ2v) is 5.74. The van der Waals surface area contributed by atoms with Crippen LogP contribution in [-0.2, 0) is 0 Å². The van der Waals surface area contributed by atoms with Crippen molar-refractivity contribution in [2.45, 2.75) is 39.2 Å². The summed E-state index contributed by atoms with van der Waals surface area (Å²) in [5.74, 6) is 0.107. The molecule has 0 N–H and O–H groups in total. The quantitative estimate of drug-likeness (QED) is 0.762. The van der Waals surface area contributed by atoms with Gasteiger partial charge in [0.2, 0.25) is 0 Å². The normalized spacial score (nSPS) is 21.8. The van der Waals surface area contributed by atoms with Gasteiger partial charge in [-0.25, -0.2) is 0 Å². The topological polar surface area (TPSA) is 44.1 Å². The highest BCUT2D eigenvalue weighted by atomic mass is 16.1. The van der Waals surface area contributed by atoms with Gasteiger partial charge in [-0.1, -0.05) is 12.1 Å². The highest BCUT2D eigenvalue weighted by Crippen LogP contribution is 2.36. The molecule has 0 bridgehead atoms. The fourth-order valence-electron chi connectivity index (χ4n) is 2.86. The molecular formula is C16H20N2O. The lowest BCUT2D eigenvalue weighted by Gasteiger charge is -2.47. The van der Waals surface area contributed by atoms with E-state index in [-0.39, 0.29) is 17.2 Å². The highest BCUT2D eigenvalue weighted by Gasteiger charge is 2.38. The Kier molecular flexibility index (Phi) is 3.61. The number of carbonyl (C=O) groups is 1. The minimum Gasteiger partial charge on any atom is -0.365 e. The van der Waals surface area contributed by atoms with Crippen molar-refractivity contribution < 1.29 is 4.79 Å². The Morgan fingerprint density at radius 3 is 2.84 bits per heavy atom. The van der Waals surface area contributed by atoms with Crippen molar-refractivity contribution in [3.63, 3.8) is 0 Å². The summed E-state index contributed by atoms with van der Waals surface area (Å²) in [6.07, 6.45) is 1.97. The standard InChI is InChI=1S/C16H20N2O/c1-12(19)13-6-4-8-15(10-13)18-9-5-7-14(11-17)16(18,2)3/h4,6,8,10,14H,5,7,9H2,1-3H3. The van der Waals surface area contributed by atoms with Crippen LogP contribution in [0.5, 0.6) is 0 Å². The number of carbonyl (C=O) groups excluding carboxylic acids is 1. The Bertz CT molecular complexity index is 528. The van der Waals surface area contributed by atoms with E-state index in [0.717, 1.165) is 30.6 Å². The molecule has 3 nitrogen and oxygen atoms in total. The lowest BCUT2D eigenvalue weighted by atomic mass is 9.79. The summed E-state index contributed by atoms with van der Waals surface area (Å²) >= 11 is 0. The Morgan fingerprint density at radius 1 is 1.47 bits per heavy atom. The molecule has 1 atom stereocenters. The van der Waals surface area contributed by atoms with E-state index >= 15 is 0 Å². The molecule has 1 aromatic carbocycles. The zero-order valence-electron chi connectivity index (χ0n) is 11.8. The number of Topliss-reactive ketones (excluding diaryl/α,β-unsaturated/α-hetero) is 1. The van der Waals surface area contributed by atoms with Crippen molar-refractivity contribution in [1.29, 1.82) is 5.26 Å². The number of nitriles is 1. The van der Waals surface area contributed by atoms with Crippen LogP contribution in [0.25, 0.3) is 0 Å². The van der Waals surface area contributed by atoms with Crippen LogP contribution in [0, 0.1) is 17.2 Å². The van der Waals surface area contributed by atoms with Crippen LogP contribution in [0.2, 0.25) is 0 Å². The average molecular weight is 256 g/mol. The second-order valence-electron chi connectivity index (χ2n) is 5.74. The molecule has 0 spiro atoms. The summed E-state index contributed by atoms with van der Waals surface area (Å²) in [6.45, 7) is 6.74. The maximum absolute atomic E-state index is 11.5. The molecular weight excluding hydrogens is 236 g/mol. The third-order valence-electron chi connectivity index (χ3n) is 4.14. The lowest BCUT2D eigenvalue weighted by molar-refractivity contribution is 0.101. The van der Waals surface area contributed by atoms with Gasteiger partial charge in [-0.05, 0) is 45.7 Å². The van der Waals surface area contributed by atoms with Crippen molar-refractivity contribution in [1.82, 2.24) is 0 Å². The second kappa shape index (κ2) is 5.05. The minimum atomic E-state index is -0.192. The molecule has 1 unspecified atom stereocenters. The first-order valence-electron chi connectivity index (χ1n) is 6.75. The Morgan fingerprint density at radius 2 is 2.21 bits per heavy atom. The molecule has 0 aromatic heterocycles. The van der Waals surface area contributed by atoms with Crippen molar-refractivity contribution in [3.05, 3.63) is 29.8 Å². The molecule has 1 aliphatic heterocycles. The summed E-state index contributed by atoms with van der Waals surface area (Å²) in [5, 5.41) is 9.30. The minimum absolute atomic E-state index is 0.0298. The molecule has 1 fully saturated rings. The Labute approximate surface area is 114 Å². The van der Waals surface area contributed by atoms with Crippen LogP contribution in [0.1, 0.15) is 44.0 Å². The first-order chi connectivity index (χ1) is 8.96. The molecule has 0 radical (unpaired) electrons. The molecule has 1 aliphatic rings. The number of hydrogen-bond donors (Lipinski definition) is 0. The zero-order valence-corrected chi connectivity index (χ0v) is 11.8. The van der Waals surface area contributed by atoms with Gasteiger partial charge >= 0.3 is 0 Å². The summed E-state index contributed by atoms with van der Waals surface area (Å²) in [4.78, 5) is 13.8. The number of hydrogen-bond acceptors (Lipinski definition) is 3. The van der Waals surface area contributed by atoms with Gasteiger partial charge in [0.05, 0.1) is 17.5 Å². The van der Waals surface area contributed by atoms with Crippen molar-refractivity contribution in [3.8, 4) is 6.07 Å². The fourth-order valence-corrected chi connectivity index (χ4v) is 2.86. The molecule has 1 aromatic rings.